The maximum atomic E-state index is 8.58. The molecule has 1 N–H and O–H groups in total. The van der Waals surface area contributed by atoms with Crippen molar-refractivity contribution in [2.45, 2.75) is 20.8 Å². The molecule has 0 aliphatic rings. The quantitative estimate of drug-likeness (QED) is 0.362. The van der Waals surface area contributed by atoms with Crippen LogP contribution in [-0.4, -0.2) is 31.7 Å². The van der Waals surface area contributed by atoms with E-state index >= 15 is 0 Å². The van der Waals surface area contributed by atoms with E-state index in [0.29, 0.717) is 24.7 Å². The minimum Gasteiger partial charge on any atom is -0.493 e. The standard InChI is InChI=1S/C19H23NO4/c1-13-5-6-14(2)19(15(13)3)24-10-9-23-17-8-7-16(12-20-21)11-18(17)22-4/h5-8,11-12,21H,9-10H2,1-4H3. The van der Waals surface area contributed by atoms with Crippen molar-refractivity contribution in [2.75, 3.05) is 20.3 Å². The number of oxime groups is 1. The fraction of sp³-hybridized carbons (Fsp3) is 0.316. The molecule has 0 saturated heterocycles. The minimum atomic E-state index is 0.399. The summed E-state index contributed by atoms with van der Waals surface area (Å²) in [5.74, 6) is 2.12. The number of aryl methyl sites for hydroxylation is 2. The van der Waals surface area contributed by atoms with Crippen molar-refractivity contribution in [3.8, 4) is 17.2 Å². The molecule has 0 aliphatic heterocycles. The number of hydrogen-bond acceptors (Lipinski definition) is 5. The Morgan fingerprint density at radius 3 is 2.38 bits per heavy atom. The van der Waals surface area contributed by atoms with Crippen LogP contribution in [0.2, 0.25) is 0 Å². The molecule has 128 valence electrons. The van der Waals surface area contributed by atoms with Crippen LogP contribution in [0, 0.1) is 20.8 Å². The maximum Gasteiger partial charge on any atom is 0.161 e. The van der Waals surface area contributed by atoms with Gasteiger partial charge in [-0.3, -0.25) is 0 Å². The molecule has 0 aromatic heterocycles. The zero-order valence-corrected chi connectivity index (χ0v) is 14.5. The predicted molar refractivity (Wildman–Crippen MR) is 94.0 cm³/mol. The molecule has 2 aromatic rings. The van der Waals surface area contributed by atoms with Crippen LogP contribution in [0.4, 0.5) is 0 Å². The van der Waals surface area contributed by atoms with Crippen LogP contribution in [0.1, 0.15) is 22.3 Å². The first-order valence-electron chi connectivity index (χ1n) is 7.74. The van der Waals surface area contributed by atoms with Gasteiger partial charge in [-0.2, -0.15) is 0 Å². The summed E-state index contributed by atoms with van der Waals surface area (Å²) in [6.45, 7) is 7.00. The molecule has 0 fully saturated rings. The highest BCUT2D eigenvalue weighted by molar-refractivity contribution is 5.80. The van der Waals surface area contributed by atoms with Crippen LogP contribution in [-0.2, 0) is 0 Å². The summed E-state index contributed by atoms with van der Waals surface area (Å²) in [4.78, 5) is 0. The molecule has 0 spiro atoms. The third-order valence-electron chi connectivity index (χ3n) is 3.86. The summed E-state index contributed by atoms with van der Waals surface area (Å²) in [6, 6.07) is 9.45. The number of nitrogens with zero attached hydrogens (tertiary/aromatic N) is 1. The Bertz CT molecular complexity index is 726. The summed E-state index contributed by atoms with van der Waals surface area (Å²) < 4.78 is 16.9. The molecular formula is C19H23NO4. The summed E-state index contributed by atoms with van der Waals surface area (Å²) in [7, 11) is 1.57. The Labute approximate surface area is 142 Å². The highest BCUT2D eigenvalue weighted by atomic mass is 16.5. The Kier molecular flexibility index (Phi) is 6.07. The van der Waals surface area contributed by atoms with Crippen LogP contribution < -0.4 is 14.2 Å². The lowest BCUT2D eigenvalue weighted by Gasteiger charge is -2.15. The third-order valence-corrected chi connectivity index (χ3v) is 3.86. The average Bonchev–Trinajstić information content (AvgIpc) is 2.58. The molecule has 24 heavy (non-hydrogen) atoms. The normalized spacial score (nSPS) is 10.8. The molecule has 2 aromatic carbocycles. The van der Waals surface area contributed by atoms with E-state index < -0.39 is 0 Å². The average molecular weight is 329 g/mol. The molecule has 0 heterocycles. The molecule has 0 saturated carbocycles. The van der Waals surface area contributed by atoms with Gasteiger partial charge in [-0.25, -0.2) is 0 Å². The first-order chi connectivity index (χ1) is 11.6. The zero-order chi connectivity index (χ0) is 17.5. The highest BCUT2D eigenvalue weighted by Crippen LogP contribution is 2.28. The number of methoxy groups -OCH3 is 1. The lowest BCUT2D eigenvalue weighted by Crippen LogP contribution is -2.11. The van der Waals surface area contributed by atoms with E-state index in [-0.39, 0.29) is 0 Å². The smallest absolute Gasteiger partial charge is 0.161 e. The van der Waals surface area contributed by atoms with Gasteiger partial charge in [0, 0.05) is 5.56 Å². The van der Waals surface area contributed by atoms with Crippen molar-refractivity contribution in [3.63, 3.8) is 0 Å². The van der Waals surface area contributed by atoms with Gasteiger partial charge in [0.25, 0.3) is 0 Å². The largest absolute Gasteiger partial charge is 0.493 e. The molecule has 5 nitrogen and oxygen atoms in total. The van der Waals surface area contributed by atoms with Crippen molar-refractivity contribution in [1.82, 2.24) is 0 Å². The van der Waals surface area contributed by atoms with Gasteiger partial charge < -0.3 is 19.4 Å². The number of ether oxygens (including phenoxy) is 3. The van der Waals surface area contributed by atoms with Gasteiger partial charge in [0.05, 0.1) is 13.3 Å². The highest BCUT2D eigenvalue weighted by Gasteiger charge is 2.08. The first kappa shape index (κ1) is 17.7. The van der Waals surface area contributed by atoms with E-state index in [1.54, 1.807) is 25.3 Å². The van der Waals surface area contributed by atoms with Gasteiger partial charge >= 0.3 is 0 Å². The lowest BCUT2D eigenvalue weighted by atomic mass is 10.1. The number of hydrogen-bond donors (Lipinski definition) is 1. The van der Waals surface area contributed by atoms with E-state index in [1.165, 1.54) is 11.8 Å². The Morgan fingerprint density at radius 1 is 0.958 bits per heavy atom. The second-order valence-electron chi connectivity index (χ2n) is 5.51. The molecule has 5 heteroatoms. The Hall–Kier alpha value is -2.69. The minimum absolute atomic E-state index is 0.399. The van der Waals surface area contributed by atoms with E-state index in [4.69, 9.17) is 19.4 Å². The fourth-order valence-corrected chi connectivity index (χ4v) is 2.39. The lowest BCUT2D eigenvalue weighted by molar-refractivity contribution is 0.209. The fourth-order valence-electron chi connectivity index (χ4n) is 2.39. The molecular weight excluding hydrogens is 306 g/mol. The zero-order valence-electron chi connectivity index (χ0n) is 14.5. The van der Waals surface area contributed by atoms with E-state index in [2.05, 4.69) is 31.1 Å². The van der Waals surface area contributed by atoms with Gasteiger partial charge in [0.2, 0.25) is 0 Å². The van der Waals surface area contributed by atoms with Crippen LogP contribution in [0.5, 0.6) is 17.2 Å². The summed E-state index contributed by atoms with van der Waals surface area (Å²) in [5, 5.41) is 11.6. The van der Waals surface area contributed by atoms with Crippen molar-refractivity contribution < 1.29 is 19.4 Å². The van der Waals surface area contributed by atoms with Crippen molar-refractivity contribution >= 4 is 6.21 Å². The van der Waals surface area contributed by atoms with E-state index in [0.717, 1.165) is 22.4 Å². The van der Waals surface area contributed by atoms with Gasteiger partial charge in [-0.15, -0.1) is 0 Å². The van der Waals surface area contributed by atoms with Crippen LogP contribution in [0.3, 0.4) is 0 Å². The Morgan fingerprint density at radius 2 is 1.67 bits per heavy atom. The molecule has 2 rings (SSSR count). The monoisotopic (exact) mass is 329 g/mol. The van der Waals surface area contributed by atoms with Gasteiger partial charge in [-0.05, 0) is 55.7 Å². The van der Waals surface area contributed by atoms with Gasteiger partial charge in [-0.1, -0.05) is 17.3 Å². The van der Waals surface area contributed by atoms with E-state index in [1.807, 2.05) is 6.92 Å². The van der Waals surface area contributed by atoms with Crippen LogP contribution in [0.25, 0.3) is 0 Å². The Balaban J connectivity index is 1.97. The summed E-state index contributed by atoms with van der Waals surface area (Å²) >= 11 is 0. The van der Waals surface area contributed by atoms with Crippen molar-refractivity contribution in [3.05, 3.63) is 52.6 Å². The number of benzene rings is 2. The third kappa shape index (κ3) is 4.19. The number of rotatable bonds is 7. The topological polar surface area (TPSA) is 60.3 Å². The van der Waals surface area contributed by atoms with Gasteiger partial charge in [0.1, 0.15) is 19.0 Å². The van der Waals surface area contributed by atoms with Crippen molar-refractivity contribution in [1.29, 1.82) is 0 Å². The molecule has 0 amide bonds. The molecule has 0 bridgehead atoms. The molecule has 0 radical (unpaired) electrons. The second-order valence-corrected chi connectivity index (χ2v) is 5.51. The van der Waals surface area contributed by atoms with E-state index in [9.17, 15) is 0 Å². The first-order valence-corrected chi connectivity index (χ1v) is 7.74. The second kappa shape index (κ2) is 8.24. The van der Waals surface area contributed by atoms with Crippen LogP contribution >= 0.6 is 0 Å². The molecule has 0 atom stereocenters. The summed E-state index contributed by atoms with van der Waals surface area (Å²) in [6.07, 6.45) is 1.33. The molecule has 0 aliphatic carbocycles. The SMILES string of the molecule is COc1cc(C=NO)ccc1OCCOc1c(C)ccc(C)c1C. The van der Waals surface area contributed by atoms with Gasteiger partial charge in [0.15, 0.2) is 11.5 Å². The predicted octanol–water partition coefficient (Wildman–Crippen LogP) is 3.89. The van der Waals surface area contributed by atoms with Crippen LogP contribution in [0.15, 0.2) is 35.5 Å². The summed E-state index contributed by atoms with van der Waals surface area (Å²) in [5.41, 5.74) is 4.20. The molecule has 0 unspecified atom stereocenters. The van der Waals surface area contributed by atoms with Crippen molar-refractivity contribution in [2.24, 2.45) is 5.16 Å². The maximum absolute atomic E-state index is 8.58.